The van der Waals surface area contributed by atoms with Crippen LogP contribution < -0.4 is 4.90 Å². The van der Waals surface area contributed by atoms with Crippen molar-refractivity contribution in [2.24, 2.45) is 0 Å². The van der Waals surface area contributed by atoms with Gasteiger partial charge in [0.2, 0.25) is 0 Å². The second-order valence-corrected chi connectivity index (χ2v) is 9.45. The Bertz CT molecular complexity index is 1670. The molecule has 1 fully saturated rings. The predicted molar refractivity (Wildman–Crippen MR) is 142 cm³/mol. The third-order valence-electron chi connectivity index (χ3n) is 7.04. The van der Waals surface area contributed by atoms with E-state index in [1.165, 1.54) is 4.90 Å². The lowest BCUT2D eigenvalue weighted by Crippen LogP contribution is -2.29. The number of nitrogens with zero attached hydrogens (tertiary/aromatic N) is 1. The Morgan fingerprint density at radius 3 is 2.14 bits per heavy atom. The highest BCUT2D eigenvalue weighted by atomic mass is 16.3. The summed E-state index contributed by atoms with van der Waals surface area (Å²) in [6, 6.07) is 22.2. The number of carbonyl (C=O) groups excluding carboxylic acids is 2. The van der Waals surface area contributed by atoms with Gasteiger partial charge in [-0.15, -0.1) is 0 Å². The van der Waals surface area contributed by atoms with Crippen LogP contribution in [0.15, 0.2) is 90.8 Å². The topological polar surface area (TPSA) is 89.2 Å². The second kappa shape index (κ2) is 8.27. The first-order valence-electron chi connectivity index (χ1n) is 12.0. The Morgan fingerprint density at radius 1 is 0.833 bits per heavy atom. The fraction of sp³-hybridized carbons (Fsp3) is 0.133. The third kappa shape index (κ3) is 3.26. The average Bonchev–Trinajstić information content (AvgIpc) is 3.58. The summed E-state index contributed by atoms with van der Waals surface area (Å²) >= 11 is 0. The molecular formula is C30H25N3O3. The Balaban J connectivity index is 1.60. The zero-order chi connectivity index (χ0) is 25.0. The molecule has 5 aromatic rings. The lowest BCUT2D eigenvalue weighted by atomic mass is 9.94. The number of anilines is 1. The molecular weight excluding hydrogens is 450 g/mol. The number of rotatable bonds is 4. The van der Waals surface area contributed by atoms with Crippen LogP contribution in [0.3, 0.4) is 0 Å². The molecule has 0 aliphatic carbocycles. The zero-order valence-corrected chi connectivity index (χ0v) is 19.9. The summed E-state index contributed by atoms with van der Waals surface area (Å²) < 4.78 is 0. The summed E-state index contributed by atoms with van der Waals surface area (Å²) in [7, 11) is 0. The fourth-order valence-electron chi connectivity index (χ4n) is 5.15. The smallest absolute Gasteiger partial charge is 0.300 e. The predicted octanol–water partition coefficient (Wildman–Crippen LogP) is 6.40. The van der Waals surface area contributed by atoms with E-state index >= 15 is 0 Å². The molecule has 3 N–H and O–H groups in total. The first-order chi connectivity index (χ1) is 17.5. The molecule has 1 aliphatic heterocycles. The molecule has 1 saturated heterocycles. The number of H-pyrrole nitrogens is 2. The van der Waals surface area contributed by atoms with Gasteiger partial charge in [0.1, 0.15) is 5.76 Å². The number of amides is 1. The lowest BCUT2D eigenvalue weighted by molar-refractivity contribution is -0.132. The van der Waals surface area contributed by atoms with Crippen molar-refractivity contribution in [2.45, 2.75) is 25.8 Å². The van der Waals surface area contributed by atoms with Crippen molar-refractivity contribution in [3.05, 3.63) is 107 Å². The van der Waals surface area contributed by atoms with Crippen LogP contribution in [0.1, 0.15) is 42.5 Å². The summed E-state index contributed by atoms with van der Waals surface area (Å²) in [6.45, 7) is 4.21. The molecule has 3 heterocycles. The molecule has 0 bridgehead atoms. The Hall–Kier alpha value is -4.58. The van der Waals surface area contributed by atoms with E-state index in [2.05, 4.69) is 23.8 Å². The largest absolute Gasteiger partial charge is 0.507 e. The van der Waals surface area contributed by atoms with Crippen molar-refractivity contribution in [1.82, 2.24) is 9.97 Å². The minimum absolute atomic E-state index is 0.0717. The summed E-state index contributed by atoms with van der Waals surface area (Å²) in [5.74, 6) is -1.23. The van der Waals surface area contributed by atoms with Crippen LogP contribution in [0.25, 0.3) is 27.6 Å². The number of carbonyl (C=O) groups is 2. The van der Waals surface area contributed by atoms with Gasteiger partial charge in [0.15, 0.2) is 0 Å². The van der Waals surface area contributed by atoms with Gasteiger partial charge in [-0.2, -0.15) is 0 Å². The van der Waals surface area contributed by atoms with Gasteiger partial charge >= 0.3 is 0 Å². The number of aromatic amines is 2. The minimum Gasteiger partial charge on any atom is -0.507 e. The van der Waals surface area contributed by atoms with Crippen molar-refractivity contribution in [3.8, 4) is 0 Å². The van der Waals surface area contributed by atoms with E-state index in [4.69, 9.17) is 0 Å². The Kier molecular flexibility index (Phi) is 5.04. The van der Waals surface area contributed by atoms with E-state index < -0.39 is 17.7 Å². The molecule has 6 rings (SSSR count). The van der Waals surface area contributed by atoms with E-state index in [0.717, 1.165) is 32.9 Å². The van der Waals surface area contributed by atoms with E-state index in [0.29, 0.717) is 17.2 Å². The zero-order valence-electron chi connectivity index (χ0n) is 19.9. The quantitative estimate of drug-likeness (QED) is 0.160. The average molecular weight is 476 g/mol. The first kappa shape index (κ1) is 21.9. The number of aromatic nitrogens is 2. The van der Waals surface area contributed by atoms with E-state index in [1.54, 1.807) is 6.20 Å². The van der Waals surface area contributed by atoms with Crippen LogP contribution in [-0.2, 0) is 9.59 Å². The SMILES string of the molecule is CC(C)c1ccc(N2C(=O)C(=O)/C(=C(/O)c3c[nH]c4ccccc34)C2c2c[nH]c3ccccc23)cc1. The molecule has 1 atom stereocenters. The van der Waals surface area contributed by atoms with E-state index in [9.17, 15) is 14.7 Å². The molecule has 1 amide bonds. The molecule has 0 saturated carbocycles. The molecule has 36 heavy (non-hydrogen) atoms. The fourth-order valence-corrected chi connectivity index (χ4v) is 5.15. The van der Waals surface area contributed by atoms with Crippen LogP contribution in [0, 0.1) is 0 Å². The van der Waals surface area contributed by atoms with E-state index in [1.807, 2.05) is 79.0 Å². The van der Waals surface area contributed by atoms with Crippen molar-refractivity contribution < 1.29 is 14.7 Å². The summed E-state index contributed by atoms with van der Waals surface area (Å²) in [5, 5.41) is 13.2. The maximum absolute atomic E-state index is 13.5. The number of para-hydroxylation sites is 2. The van der Waals surface area contributed by atoms with Crippen LogP contribution in [-0.4, -0.2) is 26.8 Å². The number of fused-ring (bicyclic) bond motifs is 2. The molecule has 6 heteroatoms. The highest BCUT2D eigenvalue weighted by molar-refractivity contribution is 6.52. The van der Waals surface area contributed by atoms with Gasteiger partial charge in [-0.3, -0.25) is 14.5 Å². The lowest BCUT2D eigenvalue weighted by Gasteiger charge is -2.25. The Morgan fingerprint density at radius 2 is 1.44 bits per heavy atom. The van der Waals surface area contributed by atoms with Crippen molar-refractivity contribution in [2.75, 3.05) is 4.90 Å². The van der Waals surface area contributed by atoms with E-state index in [-0.39, 0.29) is 11.3 Å². The molecule has 1 unspecified atom stereocenters. The number of aliphatic hydroxyl groups excluding tert-OH is 1. The van der Waals surface area contributed by atoms with Crippen molar-refractivity contribution in [1.29, 1.82) is 0 Å². The molecule has 178 valence electrons. The summed E-state index contributed by atoms with van der Waals surface area (Å²) in [5.41, 5.74) is 4.78. The van der Waals surface area contributed by atoms with Crippen molar-refractivity contribution in [3.63, 3.8) is 0 Å². The van der Waals surface area contributed by atoms with Gasteiger partial charge in [0.05, 0.1) is 11.6 Å². The Labute approximate surface area is 207 Å². The van der Waals surface area contributed by atoms with Crippen LogP contribution in [0.5, 0.6) is 0 Å². The number of nitrogens with one attached hydrogen (secondary N) is 2. The number of Topliss-reactive ketones (excluding diaryl/α,β-unsaturated/α-hetero) is 1. The molecule has 2 aromatic heterocycles. The number of benzene rings is 3. The van der Waals surface area contributed by atoms with Gasteiger partial charge < -0.3 is 15.1 Å². The van der Waals surface area contributed by atoms with Gasteiger partial charge in [-0.05, 0) is 35.7 Å². The highest BCUT2D eigenvalue weighted by Gasteiger charge is 2.48. The minimum atomic E-state index is -0.792. The van der Waals surface area contributed by atoms with Gasteiger partial charge in [-0.25, -0.2) is 0 Å². The van der Waals surface area contributed by atoms with Gasteiger partial charge in [-0.1, -0.05) is 62.4 Å². The molecule has 1 aliphatic rings. The van der Waals surface area contributed by atoms with Gasteiger partial charge in [0, 0.05) is 51.0 Å². The standard InChI is InChI=1S/C30H25N3O3/c1-17(2)18-11-13-19(14-12-18)33-27(22-15-31-24-9-5-3-7-20(22)24)26(29(35)30(33)36)28(34)23-16-32-25-10-6-4-8-21(23)25/h3-17,27,31-32,34H,1-2H3/b28-26+. The molecule has 3 aromatic carbocycles. The maximum Gasteiger partial charge on any atom is 0.300 e. The summed E-state index contributed by atoms with van der Waals surface area (Å²) in [6.07, 6.45) is 3.50. The first-order valence-corrected chi connectivity index (χ1v) is 12.0. The molecule has 0 radical (unpaired) electrons. The van der Waals surface area contributed by atoms with Crippen LogP contribution in [0.2, 0.25) is 0 Å². The summed E-state index contributed by atoms with van der Waals surface area (Å²) in [4.78, 5) is 35.0. The third-order valence-corrected chi connectivity index (χ3v) is 7.04. The van der Waals surface area contributed by atoms with Crippen molar-refractivity contribution >= 4 is 44.9 Å². The number of aliphatic hydroxyl groups is 1. The number of hydrogen-bond donors (Lipinski definition) is 3. The van der Waals surface area contributed by atoms with Crippen LogP contribution >= 0.6 is 0 Å². The number of hydrogen-bond acceptors (Lipinski definition) is 3. The monoisotopic (exact) mass is 475 g/mol. The molecule has 6 nitrogen and oxygen atoms in total. The van der Waals surface area contributed by atoms with Gasteiger partial charge in [0.25, 0.3) is 11.7 Å². The highest BCUT2D eigenvalue weighted by Crippen LogP contribution is 2.45. The second-order valence-electron chi connectivity index (χ2n) is 9.45. The molecule has 0 spiro atoms. The normalized spacial score (nSPS) is 17.6. The van der Waals surface area contributed by atoms with Crippen LogP contribution in [0.4, 0.5) is 5.69 Å². The number of ketones is 1. The maximum atomic E-state index is 13.5.